The van der Waals surface area contributed by atoms with Crippen LogP contribution in [0.4, 0.5) is 17.6 Å². The van der Waals surface area contributed by atoms with Crippen LogP contribution in [0.5, 0.6) is 0 Å². The number of hydrogen-bond donors (Lipinski definition) is 0. The van der Waals surface area contributed by atoms with Gasteiger partial charge in [0, 0.05) is 30.7 Å². The zero-order chi connectivity index (χ0) is 15.6. The van der Waals surface area contributed by atoms with E-state index in [-0.39, 0.29) is 24.1 Å². The van der Waals surface area contributed by atoms with Gasteiger partial charge in [0.2, 0.25) is 0 Å². The highest BCUT2D eigenvalue weighted by Gasteiger charge is 2.27. The van der Waals surface area contributed by atoms with Crippen molar-refractivity contribution < 1.29 is 17.6 Å². The number of imidazole rings is 1. The molecule has 2 aromatic rings. The Kier molecular flexibility index (Phi) is 5.64. The lowest BCUT2D eigenvalue weighted by molar-refractivity contribution is -0.0328. The number of alkyl halides is 4. The van der Waals surface area contributed by atoms with E-state index in [0.29, 0.717) is 32.7 Å². The van der Waals surface area contributed by atoms with Gasteiger partial charge < -0.3 is 4.57 Å². The number of aromatic nitrogens is 2. The fourth-order valence-corrected chi connectivity index (χ4v) is 3.07. The zero-order valence-corrected chi connectivity index (χ0v) is 14.3. The SMILES string of the molecule is Fc1cc2c(cc1I)nc(CCCl)n2CCSC(F)(F)F. The number of hydrogen-bond acceptors (Lipinski definition) is 2. The van der Waals surface area contributed by atoms with Crippen molar-refractivity contribution in [2.24, 2.45) is 0 Å². The van der Waals surface area contributed by atoms with Gasteiger partial charge in [0.05, 0.1) is 14.6 Å². The van der Waals surface area contributed by atoms with Crippen molar-refractivity contribution in [2.75, 3.05) is 11.6 Å². The van der Waals surface area contributed by atoms with Crippen LogP contribution in [0, 0.1) is 9.39 Å². The van der Waals surface area contributed by atoms with Crippen molar-refractivity contribution in [1.29, 1.82) is 0 Å². The predicted molar refractivity (Wildman–Crippen MR) is 85.3 cm³/mol. The second-order valence-corrected chi connectivity index (χ2v) is 6.87. The number of thioether (sulfide) groups is 1. The highest BCUT2D eigenvalue weighted by Crippen LogP contribution is 2.31. The van der Waals surface area contributed by atoms with Gasteiger partial charge in [0.15, 0.2) is 0 Å². The largest absolute Gasteiger partial charge is 0.441 e. The van der Waals surface area contributed by atoms with Gasteiger partial charge in [-0.2, -0.15) is 13.2 Å². The summed E-state index contributed by atoms with van der Waals surface area (Å²) in [5.74, 6) is 0.307. The van der Waals surface area contributed by atoms with Gasteiger partial charge in [-0.25, -0.2) is 9.37 Å². The second-order valence-electron chi connectivity index (χ2n) is 4.17. The molecule has 0 bridgehead atoms. The van der Waals surface area contributed by atoms with Crippen molar-refractivity contribution in [3.05, 3.63) is 27.3 Å². The Hall–Kier alpha value is -0.220. The Morgan fingerprint density at radius 3 is 2.67 bits per heavy atom. The molecule has 2 rings (SSSR count). The maximum atomic E-state index is 13.7. The molecule has 1 aromatic heterocycles. The highest BCUT2D eigenvalue weighted by atomic mass is 127. The van der Waals surface area contributed by atoms with Crippen molar-refractivity contribution in [3.63, 3.8) is 0 Å². The van der Waals surface area contributed by atoms with Gasteiger partial charge in [0.25, 0.3) is 0 Å². The molecular weight excluding hydrogens is 443 g/mol. The monoisotopic (exact) mass is 452 g/mol. The Labute approximate surface area is 141 Å². The van der Waals surface area contributed by atoms with E-state index in [1.807, 2.05) is 22.6 Å². The van der Waals surface area contributed by atoms with E-state index >= 15 is 0 Å². The van der Waals surface area contributed by atoms with Crippen molar-refractivity contribution in [1.82, 2.24) is 9.55 Å². The maximum absolute atomic E-state index is 13.7. The van der Waals surface area contributed by atoms with Crippen LogP contribution >= 0.6 is 46.0 Å². The molecular formula is C12H10ClF4IN2S. The minimum absolute atomic E-state index is 0.102. The maximum Gasteiger partial charge on any atom is 0.441 e. The van der Waals surface area contributed by atoms with Crippen molar-refractivity contribution >= 4 is 57.0 Å². The minimum Gasteiger partial charge on any atom is -0.327 e. The van der Waals surface area contributed by atoms with Crippen LogP contribution in [0.1, 0.15) is 5.82 Å². The second kappa shape index (κ2) is 6.91. The quantitative estimate of drug-likeness (QED) is 0.368. The first kappa shape index (κ1) is 17.1. The molecule has 0 saturated heterocycles. The van der Waals surface area contributed by atoms with Crippen LogP contribution in [0.25, 0.3) is 11.0 Å². The van der Waals surface area contributed by atoms with Crippen LogP contribution in [0.2, 0.25) is 0 Å². The third-order valence-corrected chi connectivity index (χ3v) is 4.50. The molecule has 2 nitrogen and oxygen atoms in total. The summed E-state index contributed by atoms with van der Waals surface area (Å²) < 4.78 is 52.4. The number of aryl methyl sites for hydroxylation is 2. The van der Waals surface area contributed by atoms with Crippen molar-refractivity contribution in [2.45, 2.75) is 18.5 Å². The molecule has 0 atom stereocenters. The van der Waals surface area contributed by atoms with E-state index in [0.717, 1.165) is 0 Å². The normalized spacial score (nSPS) is 12.3. The summed E-state index contributed by atoms with van der Waals surface area (Å²) in [6, 6.07) is 2.89. The smallest absolute Gasteiger partial charge is 0.327 e. The molecule has 0 aliphatic carbocycles. The average Bonchev–Trinajstić information content (AvgIpc) is 2.67. The first-order valence-corrected chi connectivity index (χ1v) is 8.52. The van der Waals surface area contributed by atoms with Crippen LogP contribution < -0.4 is 0 Å². The molecule has 0 amide bonds. The Bertz CT molecular complexity index is 644. The molecule has 1 aromatic carbocycles. The third-order valence-electron chi connectivity index (χ3n) is 2.77. The summed E-state index contributed by atoms with van der Waals surface area (Å²) in [7, 11) is 0. The van der Waals surface area contributed by atoms with Gasteiger partial charge in [-0.3, -0.25) is 0 Å². The van der Waals surface area contributed by atoms with Gasteiger partial charge >= 0.3 is 5.51 Å². The molecule has 0 radical (unpaired) electrons. The van der Waals surface area contributed by atoms with E-state index in [2.05, 4.69) is 4.98 Å². The first-order chi connectivity index (χ1) is 9.81. The molecule has 1 heterocycles. The summed E-state index contributed by atoms with van der Waals surface area (Å²) in [5.41, 5.74) is -3.21. The Morgan fingerprint density at radius 2 is 2.05 bits per heavy atom. The minimum atomic E-state index is -4.27. The fraction of sp³-hybridized carbons (Fsp3) is 0.417. The molecule has 116 valence electrons. The summed E-state index contributed by atoms with van der Waals surface area (Å²) in [4.78, 5) is 4.34. The topological polar surface area (TPSA) is 17.8 Å². The number of nitrogens with zero attached hydrogens (tertiary/aromatic N) is 2. The van der Waals surface area contributed by atoms with Crippen LogP contribution in [-0.2, 0) is 13.0 Å². The third kappa shape index (κ3) is 4.38. The van der Waals surface area contributed by atoms with E-state index in [9.17, 15) is 17.6 Å². The number of benzene rings is 1. The lowest BCUT2D eigenvalue weighted by Crippen LogP contribution is -2.10. The summed E-state index contributed by atoms with van der Waals surface area (Å²) in [6.45, 7) is 0.104. The van der Waals surface area contributed by atoms with E-state index < -0.39 is 11.3 Å². The molecule has 21 heavy (non-hydrogen) atoms. The standard InChI is InChI=1S/C12H10ClF4IN2S/c13-2-1-11-19-9-6-8(18)7(14)5-10(9)20(11)3-4-21-12(15,16)17/h5-6H,1-4H2. The van der Waals surface area contributed by atoms with Crippen LogP contribution in [0.3, 0.4) is 0 Å². The highest BCUT2D eigenvalue weighted by molar-refractivity contribution is 14.1. The van der Waals surface area contributed by atoms with Gasteiger partial charge in [0.1, 0.15) is 11.6 Å². The first-order valence-electron chi connectivity index (χ1n) is 5.92. The van der Waals surface area contributed by atoms with E-state index in [1.165, 1.54) is 6.07 Å². The number of fused-ring (bicyclic) bond motifs is 1. The Balaban J connectivity index is 2.34. The molecule has 0 spiro atoms. The number of halogens is 6. The van der Waals surface area contributed by atoms with Crippen LogP contribution in [-0.4, -0.2) is 26.7 Å². The van der Waals surface area contributed by atoms with Crippen molar-refractivity contribution in [3.8, 4) is 0 Å². The number of rotatable bonds is 5. The van der Waals surface area contributed by atoms with Gasteiger partial charge in [-0.1, -0.05) is 0 Å². The summed E-state index contributed by atoms with van der Waals surface area (Å²) >= 11 is 7.44. The molecule has 0 saturated carbocycles. The van der Waals surface area contributed by atoms with Gasteiger partial charge in [-0.05, 0) is 40.4 Å². The molecule has 0 fully saturated rings. The lowest BCUT2D eigenvalue weighted by atomic mass is 10.3. The van der Waals surface area contributed by atoms with Gasteiger partial charge in [-0.15, -0.1) is 11.6 Å². The molecule has 9 heteroatoms. The Morgan fingerprint density at radius 1 is 1.33 bits per heavy atom. The van der Waals surface area contributed by atoms with Crippen LogP contribution in [0.15, 0.2) is 12.1 Å². The molecule has 0 N–H and O–H groups in total. The van der Waals surface area contributed by atoms with E-state index in [4.69, 9.17) is 11.6 Å². The molecule has 0 unspecified atom stereocenters. The summed E-state index contributed by atoms with van der Waals surface area (Å²) in [5, 5.41) is 0. The zero-order valence-electron chi connectivity index (χ0n) is 10.6. The predicted octanol–water partition coefficient (Wildman–Crippen LogP) is 4.81. The summed E-state index contributed by atoms with van der Waals surface area (Å²) in [6.07, 6.45) is 0.422. The van der Waals surface area contributed by atoms with E-state index in [1.54, 1.807) is 10.6 Å². The lowest BCUT2D eigenvalue weighted by Gasteiger charge is -2.10. The average molecular weight is 453 g/mol. The fourth-order valence-electron chi connectivity index (χ4n) is 1.95. The molecule has 0 aliphatic heterocycles. The molecule has 0 aliphatic rings.